The Morgan fingerprint density at radius 2 is 1.54 bits per heavy atom. The lowest BCUT2D eigenvalue weighted by Gasteiger charge is -2.33. The lowest BCUT2D eigenvalue weighted by Crippen LogP contribution is -2.53. The summed E-state index contributed by atoms with van der Waals surface area (Å²) < 4.78 is 42.2. The van der Waals surface area contributed by atoms with Crippen LogP contribution >= 0.6 is 11.6 Å². The van der Waals surface area contributed by atoms with E-state index in [-0.39, 0.29) is 35.5 Å². The van der Waals surface area contributed by atoms with E-state index in [0.717, 1.165) is 9.87 Å². The van der Waals surface area contributed by atoms with Crippen molar-refractivity contribution in [2.45, 2.75) is 57.6 Å². The van der Waals surface area contributed by atoms with E-state index in [2.05, 4.69) is 5.32 Å². The number of aryl methyl sites for hydroxylation is 1. The van der Waals surface area contributed by atoms with Gasteiger partial charge in [-0.2, -0.15) is 0 Å². The Hall–Kier alpha value is -3.43. The van der Waals surface area contributed by atoms with Gasteiger partial charge in [-0.15, -0.1) is 0 Å². The van der Waals surface area contributed by atoms with Crippen LogP contribution in [0.4, 0.5) is 10.1 Å². The number of nitrogens with one attached hydrogen (secondary N) is 1. The van der Waals surface area contributed by atoms with E-state index in [0.29, 0.717) is 10.6 Å². The topological polar surface area (TPSA) is 86.8 Å². The third kappa shape index (κ3) is 7.80. The van der Waals surface area contributed by atoms with Crippen LogP contribution in [-0.4, -0.2) is 43.8 Å². The van der Waals surface area contributed by atoms with E-state index in [9.17, 15) is 22.4 Å². The van der Waals surface area contributed by atoms with Gasteiger partial charge in [-0.05, 0) is 81.3 Å². The first-order chi connectivity index (χ1) is 18.4. The number of carbonyl (C=O) groups is 2. The Labute approximate surface area is 234 Å². The molecule has 10 heteroatoms. The van der Waals surface area contributed by atoms with Crippen LogP contribution in [0.3, 0.4) is 0 Å². The molecule has 208 valence electrons. The molecule has 0 fully saturated rings. The lowest BCUT2D eigenvalue weighted by atomic mass is 10.1. The second kappa shape index (κ2) is 13.1. The molecule has 0 bridgehead atoms. The largest absolute Gasteiger partial charge is 0.352 e. The summed E-state index contributed by atoms with van der Waals surface area (Å²) in [6, 6.07) is 17.0. The summed E-state index contributed by atoms with van der Waals surface area (Å²) in [5.41, 5.74) is 1.73. The van der Waals surface area contributed by atoms with Gasteiger partial charge in [-0.3, -0.25) is 13.9 Å². The van der Waals surface area contributed by atoms with Crippen LogP contribution in [0.25, 0.3) is 0 Å². The molecule has 0 aliphatic carbocycles. The first-order valence-electron chi connectivity index (χ1n) is 12.6. The molecule has 0 aliphatic rings. The second-order valence-corrected chi connectivity index (χ2v) is 11.8. The van der Waals surface area contributed by atoms with E-state index in [1.165, 1.54) is 53.4 Å². The van der Waals surface area contributed by atoms with E-state index in [1.54, 1.807) is 31.2 Å². The molecule has 1 unspecified atom stereocenters. The number of rotatable bonds is 11. The van der Waals surface area contributed by atoms with Gasteiger partial charge < -0.3 is 10.2 Å². The Morgan fingerprint density at radius 3 is 2.08 bits per heavy atom. The van der Waals surface area contributed by atoms with Crippen molar-refractivity contribution >= 4 is 39.1 Å². The van der Waals surface area contributed by atoms with Crippen molar-refractivity contribution in [1.82, 2.24) is 10.2 Å². The molecule has 0 radical (unpaired) electrons. The fourth-order valence-corrected chi connectivity index (χ4v) is 5.60. The predicted octanol–water partition coefficient (Wildman–Crippen LogP) is 5.31. The monoisotopic (exact) mass is 573 g/mol. The average Bonchev–Trinajstić information content (AvgIpc) is 2.88. The SMILES string of the molecule is CCC(C(=O)NC(C)C)N(Cc1ccc(F)cc1)C(=O)CN(c1ccc(Cl)cc1)S(=O)(=O)c1ccc(C)cc1. The van der Waals surface area contributed by atoms with Gasteiger partial charge in [-0.1, -0.05) is 48.4 Å². The van der Waals surface area contributed by atoms with Crippen molar-refractivity contribution in [2.24, 2.45) is 0 Å². The molecule has 1 N–H and O–H groups in total. The van der Waals surface area contributed by atoms with Gasteiger partial charge in [0.05, 0.1) is 10.6 Å². The zero-order chi connectivity index (χ0) is 28.7. The zero-order valence-corrected chi connectivity index (χ0v) is 24.0. The molecule has 0 aliphatic heterocycles. The number of nitrogens with zero attached hydrogens (tertiary/aromatic N) is 2. The summed E-state index contributed by atoms with van der Waals surface area (Å²) in [6.45, 7) is 6.67. The van der Waals surface area contributed by atoms with Gasteiger partial charge in [0.1, 0.15) is 18.4 Å². The summed E-state index contributed by atoms with van der Waals surface area (Å²) in [6.07, 6.45) is 0.289. The molecule has 0 saturated heterocycles. The minimum Gasteiger partial charge on any atom is -0.352 e. The molecular weight excluding hydrogens is 541 g/mol. The Bertz CT molecular complexity index is 1380. The van der Waals surface area contributed by atoms with Crippen LogP contribution in [0.5, 0.6) is 0 Å². The maximum Gasteiger partial charge on any atom is 0.264 e. The summed E-state index contributed by atoms with van der Waals surface area (Å²) in [5.74, 6) is -1.38. The Morgan fingerprint density at radius 1 is 0.949 bits per heavy atom. The average molecular weight is 574 g/mol. The number of benzene rings is 3. The molecule has 1 atom stereocenters. The minimum absolute atomic E-state index is 0.0117. The molecule has 0 aromatic heterocycles. The summed E-state index contributed by atoms with van der Waals surface area (Å²) in [7, 11) is -4.17. The van der Waals surface area contributed by atoms with Gasteiger partial charge in [0.25, 0.3) is 10.0 Å². The molecular formula is C29H33ClFN3O4S. The maximum atomic E-state index is 13.9. The molecule has 0 heterocycles. The van der Waals surface area contributed by atoms with Crippen molar-refractivity contribution < 1.29 is 22.4 Å². The van der Waals surface area contributed by atoms with Gasteiger partial charge in [-0.25, -0.2) is 12.8 Å². The highest BCUT2D eigenvalue weighted by Gasteiger charge is 2.33. The van der Waals surface area contributed by atoms with Gasteiger partial charge in [0, 0.05) is 17.6 Å². The van der Waals surface area contributed by atoms with Crippen molar-refractivity contribution in [1.29, 1.82) is 0 Å². The first-order valence-corrected chi connectivity index (χ1v) is 14.4. The van der Waals surface area contributed by atoms with Crippen LogP contribution in [0.15, 0.2) is 77.7 Å². The van der Waals surface area contributed by atoms with E-state index in [4.69, 9.17) is 11.6 Å². The van der Waals surface area contributed by atoms with E-state index in [1.807, 2.05) is 20.8 Å². The van der Waals surface area contributed by atoms with Crippen LogP contribution in [0, 0.1) is 12.7 Å². The zero-order valence-electron chi connectivity index (χ0n) is 22.4. The number of halogens is 2. The first kappa shape index (κ1) is 30.1. The summed E-state index contributed by atoms with van der Waals surface area (Å²) in [5, 5.41) is 3.25. The summed E-state index contributed by atoms with van der Waals surface area (Å²) >= 11 is 6.04. The molecule has 0 saturated carbocycles. The molecule has 3 aromatic carbocycles. The van der Waals surface area contributed by atoms with Crippen molar-refractivity contribution in [3.63, 3.8) is 0 Å². The standard InChI is InChI=1S/C29H33ClFN3O4S/c1-5-27(29(36)32-20(2)3)33(18-22-8-12-24(31)13-9-22)28(35)19-34(25-14-10-23(30)11-15-25)39(37,38)26-16-6-21(4)7-17-26/h6-17,20,27H,5,18-19H2,1-4H3,(H,32,36). The second-order valence-electron chi connectivity index (χ2n) is 9.54. The normalized spacial score (nSPS) is 12.2. The van der Waals surface area contributed by atoms with E-state index < -0.39 is 34.3 Å². The number of hydrogen-bond acceptors (Lipinski definition) is 4. The number of carbonyl (C=O) groups excluding carboxylic acids is 2. The van der Waals surface area contributed by atoms with Crippen LogP contribution in [-0.2, 0) is 26.2 Å². The van der Waals surface area contributed by atoms with Crippen LogP contribution in [0.2, 0.25) is 5.02 Å². The molecule has 0 spiro atoms. The van der Waals surface area contributed by atoms with Gasteiger partial charge in [0.15, 0.2) is 0 Å². The quantitative estimate of drug-likeness (QED) is 0.337. The third-order valence-electron chi connectivity index (χ3n) is 6.09. The number of hydrogen-bond donors (Lipinski definition) is 1. The predicted molar refractivity (Wildman–Crippen MR) is 151 cm³/mol. The van der Waals surface area contributed by atoms with Gasteiger partial charge >= 0.3 is 0 Å². The minimum atomic E-state index is -4.17. The smallest absolute Gasteiger partial charge is 0.264 e. The fraction of sp³-hybridized carbons (Fsp3) is 0.310. The van der Waals surface area contributed by atoms with Crippen LogP contribution in [0.1, 0.15) is 38.3 Å². The molecule has 3 rings (SSSR count). The van der Waals surface area contributed by atoms with Crippen molar-refractivity contribution in [3.05, 3.63) is 94.8 Å². The number of sulfonamides is 1. The molecule has 39 heavy (non-hydrogen) atoms. The van der Waals surface area contributed by atoms with Crippen LogP contribution < -0.4 is 9.62 Å². The Kier molecular flexibility index (Phi) is 10.1. The van der Waals surface area contributed by atoms with Crippen molar-refractivity contribution in [2.75, 3.05) is 10.8 Å². The van der Waals surface area contributed by atoms with Crippen molar-refractivity contribution in [3.8, 4) is 0 Å². The highest BCUT2D eigenvalue weighted by Crippen LogP contribution is 2.26. The maximum absolute atomic E-state index is 13.9. The third-order valence-corrected chi connectivity index (χ3v) is 8.13. The van der Waals surface area contributed by atoms with Gasteiger partial charge in [0.2, 0.25) is 11.8 Å². The highest BCUT2D eigenvalue weighted by atomic mass is 35.5. The molecule has 2 amide bonds. The van der Waals surface area contributed by atoms with E-state index >= 15 is 0 Å². The lowest BCUT2D eigenvalue weighted by molar-refractivity contribution is -0.140. The summed E-state index contributed by atoms with van der Waals surface area (Å²) in [4.78, 5) is 28.4. The fourth-order valence-electron chi connectivity index (χ4n) is 4.06. The Balaban J connectivity index is 2.05. The number of anilines is 1. The number of amides is 2. The molecule has 7 nitrogen and oxygen atoms in total. The molecule has 3 aromatic rings. The highest BCUT2D eigenvalue weighted by molar-refractivity contribution is 7.92.